The van der Waals surface area contributed by atoms with Crippen molar-refractivity contribution in [1.82, 2.24) is 9.62 Å². The zero-order chi connectivity index (χ0) is 20.7. The summed E-state index contributed by atoms with van der Waals surface area (Å²) in [5.74, 6) is -0.343. The number of amides is 1. The topological polar surface area (TPSA) is 75.7 Å². The zero-order valence-electron chi connectivity index (χ0n) is 16.7. The molecule has 0 atom stereocenters. The number of unbranched alkanes of at least 4 members (excludes halogenated alkanes) is 1. The lowest BCUT2D eigenvalue weighted by molar-refractivity contribution is 0.0941. The Morgan fingerprint density at radius 2 is 1.93 bits per heavy atom. The maximum absolute atomic E-state index is 13.2. The lowest BCUT2D eigenvalue weighted by Gasteiger charge is -2.28. The number of benzene rings is 1. The molecule has 0 saturated heterocycles. The van der Waals surface area contributed by atoms with Crippen LogP contribution in [0.1, 0.15) is 47.0 Å². The number of ether oxygens (including phenoxy) is 1. The van der Waals surface area contributed by atoms with Gasteiger partial charge in [-0.25, -0.2) is 8.42 Å². The number of carbonyl (C=O) groups excluding carboxylic acids is 1. The Morgan fingerprint density at radius 3 is 2.72 bits per heavy atom. The molecule has 0 unspecified atom stereocenters. The van der Waals surface area contributed by atoms with Gasteiger partial charge < -0.3 is 10.1 Å². The van der Waals surface area contributed by atoms with E-state index in [9.17, 15) is 13.2 Å². The van der Waals surface area contributed by atoms with Crippen molar-refractivity contribution in [1.29, 1.82) is 0 Å². The second kappa shape index (κ2) is 10.3. The van der Waals surface area contributed by atoms with E-state index < -0.39 is 10.0 Å². The standard InChI is InChI=1S/C21H28N2O4S2/c1-2-3-13-27-14-6-11-22-21(24)20-19(10-15-28-20)29(25,26)23-12-9-17-7-4-5-8-18(17)16-23/h4-5,7-8,10,15H,2-3,6,9,11-14,16H2,1H3,(H,22,24). The molecule has 0 radical (unpaired) electrons. The van der Waals surface area contributed by atoms with Gasteiger partial charge in [-0.05, 0) is 41.8 Å². The van der Waals surface area contributed by atoms with E-state index in [-0.39, 0.29) is 15.7 Å². The van der Waals surface area contributed by atoms with Crippen LogP contribution >= 0.6 is 11.3 Å². The number of hydrogen-bond acceptors (Lipinski definition) is 5. The van der Waals surface area contributed by atoms with E-state index in [0.717, 1.165) is 36.3 Å². The molecule has 6 nitrogen and oxygen atoms in total. The average molecular weight is 437 g/mol. The van der Waals surface area contributed by atoms with Gasteiger partial charge in [0.05, 0.1) is 0 Å². The highest BCUT2D eigenvalue weighted by atomic mass is 32.2. The van der Waals surface area contributed by atoms with E-state index in [1.54, 1.807) is 5.38 Å². The van der Waals surface area contributed by atoms with Crippen LogP contribution in [0.4, 0.5) is 0 Å². The maximum atomic E-state index is 13.2. The number of hydrogen-bond donors (Lipinski definition) is 1. The number of sulfonamides is 1. The monoisotopic (exact) mass is 436 g/mol. The Morgan fingerprint density at radius 1 is 1.17 bits per heavy atom. The van der Waals surface area contributed by atoms with Crippen molar-refractivity contribution in [2.45, 2.75) is 44.0 Å². The Balaban J connectivity index is 1.61. The van der Waals surface area contributed by atoms with Crippen LogP contribution in [0.2, 0.25) is 0 Å². The fourth-order valence-electron chi connectivity index (χ4n) is 3.29. The fraction of sp³-hybridized carbons (Fsp3) is 0.476. The molecule has 1 N–H and O–H groups in total. The Bertz CT molecular complexity index is 924. The van der Waals surface area contributed by atoms with Gasteiger partial charge in [0.1, 0.15) is 9.77 Å². The molecule has 0 fully saturated rings. The number of carbonyl (C=O) groups is 1. The van der Waals surface area contributed by atoms with Gasteiger partial charge in [-0.15, -0.1) is 11.3 Å². The van der Waals surface area contributed by atoms with Gasteiger partial charge in [-0.1, -0.05) is 37.6 Å². The van der Waals surface area contributed by atoms with Crippen molar-refractivity contribution in [3.8, 4) is 0 Å². The number of rotatable bonds is 10. The number of nitrogens with zero attached hydrogens (tertiary/aromatic N) is 1. The quantitative estimate of drug-likeness (QED) is 0.579. The van der Waals surface area contributed by atoms with Gasteiger partial charge >= 0.3 is 0 Å². The predicted octanol–water partition coefficient (Wildman–Crippen LogP) is 3.43. The van der Waals surface area contributed by atoms with Gasteiger partial charge in [0.15, 0.2) is 0 Å². The van der Waals surface area contributed by atoms with Crippen LogP contribution in [0.5, 0.6) is 0 Å². The lowest BCUT2D eigenvalue weighted by Crippen LogP contribution is -2.37. The maximum Gasteiger partial charge on any atom is 0.262 e. The van der Waals surface area contributed by atoms with Gasteiger partial charge in [0.25, 0.3) is 5.91 Å². The molecule has 0 aliphatic carbocycles. The van der Waals surface area contributed by atoms with Crippen molar-refractivity contribution < 1.29 is 17.9 Å². The highest BCUT2D eigenvalue weighted by Crippen LogP contribution is 2.29. The molecule has 2 heterocycles. The average Bonchev–Trinajstić information content (AvgIpc) is 3.23. The summed E-state index contributed by atoms with van der Waals surface area (Å²) in [6.45, 7) is 4.65. The number of thiophene rings is 1. The normalized spacial score (nSPS) is 14.5. The molecule has 0 spiro atoms. The first-order chi connectivity index (χ1) is 14.0. The highest BCUT2D eigenvalue weighted by Gasteiger charge is 2.32. The molecule has 0 saturated carbocycles. The van der Waals surface area contributed by atoms with Crippen LogP contribution in [0.3, 0.4) is 0 Å². The van der Waals surface area contributed by atoms with Crippen LogP contribution in [0, 0.1) is 0 Å². The van der Waals surface area contributed by atoms with E-state index in [1.807, 2.05) is 24.3 Å². The minimum atomic E-state index is -3.72. The van der Waals surface area contributed by atoms with Crippen molar-refractivity contribution >= 4 is 27.3 Å². The molecule has 8 heteroatoms. The minimum absolute atomic E-state index is 0.0959. The largest absolute Gasteiger partial charge is 0.381 e. The van der Waals surface area contributed by atoms with E-state index in [4.69, 9.17) is 4.74 Å². The molecule has 1 aliphatic heterocycles. The van der Waals surface area contributed by atoms with Gasteiger partial charge in [0.2, 0.25) is 10.0 Å². The first-order valence-corrected chi connectivity index (χ1v) is 12.4. The lowest BCUT2D eigenvalue weighted by atomic mass is 10.0. The Labute approximate surface area is 176 Å². The predicted molar refractivity (Wildman–Crippen MR) is 115 cm³/mol. The molecular formula is C21H28N2O4S2. The van der Waals surface area contributed by atoms with Crippen LogP contribution in [0.15, 0.2) is 40.6 Å². The third-order valence-electron chi connectivity index (χ3n) is 4.94. The van der Waals surface area contributed by atoms with Crippen LogP contribution in [-0.4, -0.2) is 44.9 Å². The summed E-state index contributed by atoms with van der Waals surface area (Å²) in [4.78, 5) is 12.9. The smallest absolute Gasteiger partial charge is 0.262 e. The van der Waals surface area contributed by atoms with Gasteiger partial charge in [0, 0.05) is 32.8 Å². The van der Waals surface area contributed by atoms with E-state index in [1.165, 1.54) is 15.9 Å². The summed E-state index contributed by atoms with van der Waals surface area (Å²) >= 11 is 1.16. The van der Waals surface area contributed by atoms with Crippen molar-refractivity contribution in [3.63, 3.8) is 0 Å². The van der Waals surface area contributed by atoms with E-state index in [0.29, 0.717) is 39.1 Å². The summed E-state index contributed by atoms with van der Waals surface area (Å²) in [7, 11) is -3.72. The summed E-state index contributed by atoms with van der Waals surface area (Å²) in [6, 6.07) is 9.42. The molecule has 158 valence electrons. The minimum Gasteiger partial charge on any atom is -0.381 e. The second-order valence-electron chi connectivity index (χ2n) is 7.05. The van der Waals surface area contributed by atoms with Crippen molar-refractivity contribution in [2.75, 3.05) is 26.3 Å². The summed E-state index contributed by atoms with van der Waals surface area (Å²) in [6.07, 6.45) is 3.50. The Hall–Kier alpha value is -1.74. The molecule has 3 rings (SSSR count). The van der Waals surface area contributed by atoms with Crippen LogP contribution in [0.25, 0.3) is 0 Å². The van der Waals surface area contributed by atoms with Crippen LogP contribution < -0.4 is 5.32 Å². The van der Waals surface area contributed by atoms with Gasteiger partial charge in [-0.3, -0.25) is 4.79 Å². The second-order valence-corrected chi connectivity index (χ2v) is 9.87. The Kier molecular flexibility index (Phi) is 7.83. The first-order valence-electron chi connectivity index (χ1n) is 10.0. The molecule has 1 aromatic carbocycles. The molecule has 0 bridgehead atoms. The van der Waals surface area contributed by atoms with Crippen molar-refractivity contribution in [3.05, 3.63) is 51.7 Å². The number of nitrogens with one attached hydrogen (secondary N) is 1. The van der Waals surface area contributed by atoms with Gasteiger partial charge in [-0.2, -0.15) is 4.31 Å². The number of fused-ring (bicyclic) bond motifs is 1. The summed E-state index contributed by atoms with van der Waals surface area (Å²) in [5.41, 5.74) is 2.20. The molecular weight excluding hydrogens is 408 g/mol. The summed E-state index contributed by atoms with van der Waals surface area (Å²) < 4.78 is 33.3. The molecule has 29 heavy (non-hydrogen) atoms. The molecule has 2 aromatic rings. The van der Waals surface area contributed by atoms with E-state index >= 15 is 0 Å². The van der Waals surface area contributed by atoms with E-state index in [2.05, 4.69) is 12.2 Å². The fourth-order valence-corrected chi connectivity index (χ4v) is 6.02. The van der Waals surface area contributed by atoms with Crippen molar-refractivity contribution in [2.24, 2.45) is 0 Å². The third-order valence-corrected chi connectivity index (χ3v) is 7.87. The zero-order valence-corrected chi connectivity index (χ0v) is 18.4. The first kappa shape index (κ1) is 22.0. The SMILES string of the molecule is CCCCOCCCNC(=O)c1sccc1S(=O)(=O)N1CCc2ccccc2C1. The third kappa shape index (κ3) is 5.45. The highest BCUT2D eigenvalue weighted by molar-refractivity contribution is 7.89. The molecule has 1 aliphatic rings. The van der Waals surface area contributed by atoms with Crippen LogP contribution in [-0.2, 0) is 27.7 Å². The molecule has 1 aromatic heterocycles. The summed E-state index contributed by atoms with van der Waals surface area (Å²) in [5, 5.41) is 4.48. The molecule has 1 amide bonds.